The molecule has 7 rings (SSSR count). The van der Waals surface area contributed by atoms with Gasteiger partial charge >= 0.3 is 0 Å². The van der Waals surface area contributed by atoms with Gasteiger partial charge in [0.05, 0.1) is 22.0 Å². The highest BCUT2D eigenvalue weighted by Gasteiger charge is 2.51. The summed E-state index contributed by atoms with van der Waals surface area (Å²) in [6.07, 6.45) is 12.3. The van der Waals surface area contributed by atoms with Crippen LogP contribution in [0.1, 0.15) is 73.0 Å². The molecule has 7 nitrogen and oxygen atoms in total. The molecule has 1 fully saturated rings. The van der Waals surface area contributed by atoms with Gasteiger partial charge in [-0.3, -0.25) is 14.5 Å². The molecular formula is C39H45ClFN3O4S. The van der Waals surface area contributed by atoms with Crippen molar-refractivity contribution >= 4 is 38.8 Å². The van der Waals surface area contributed by atoms with E-state index in [9.17, 15) is 9.00 Å². The van der Waals surface area contributed by atoms with Crippen molar-refractivity contribution in [1.29, 1.82) is 0 Å². The monoisotopic (exact) mass is 705 g/mol. The summed E-state index contributed by atoms with van der Waals surface area (Å²) in [5.41, 5.74) is 2.75. The minimum atomic E-state index is -3.03. The first kappa shape index (κ1) is 34.1. The Hall–Kier alpha value is -3.40. The van der Waals surface area contributed by atoms with Gasteiger partial charge in [-0.1, -0.05) is 36.7 Å². The van der Waals surface area contributed by atoms with Gasteiger partial charge in [0.1, 0.15) is 17.2 Å². The van der Waals surface area contributed by atoms with E-state index in [1.165, 1.54) is 23.4 Å². The van der Waals surface area contributed by atoms with E-state index in [4.69, 9.17) is 21.1 Å². The average Bonchev–Trinajstić information content (AvgIpc) is 3.22. The van der Waals surface area contributed by atoms with Gasteiger partial charge in [0, 0.05) is 65.3 Å². The van der Waals surface area contributed by atoms with E-state index in [2.05, 4.69) is 32.6 Å². The number of benzene rings is 2. The molecule has 3 aromatic rings. The van der Waals surface area contributed by atoms with Crippen molar-refractivity contribution in [3.05, 3.63) is 100 Å². The Morgan fingerprint density at radius 1 is 1.16 bits per heavy atom. The molecule has 1 unspecified atom stereocenters. The standard InChI is InChI=1S/C39H45ClFN3O4S/c1-25-7-5-17-39(47-3,33-21-42-18-15-34(33)41)32-12-9-29(32)22-44-23-38(16-6-8-27-19-30(40)11-13-31(27)38)24-48-36-14-10-28(20-35(36)44)37(45)43-49(4,46)26(25)2/h5,10-11,13-15,17-21,25-26,29,32H,4,6-9,12,16,22-24H2,1-3H3,(H,43,45,46)/b17-5+/t25-,26+,29-,32+,38-,39+,49?/m0/s1. The second-order valence-corrected chi connectivity index (χ2v) is 17.4. The third-order valence-corrected chi connectivity index (χ3v) is 14.2. The minimum absolute atomic E-state index is 0.0438. The Morgan fingerprint density at radius 2 is 2.00 bits per heavy atom. The zero-order valence-electron chi connectivity index (χ0n) is 28.4. The number of carbonyl (C=O) groups excluding carboxylic acids is 1. The van der Waals surface area contributed by atoms with Crippen LogP contribution in [0.4, 0.5) is 10.1 Å². The van der Waals surface area contributed by atoms with Crippen LogP contribution in [0.25, 0.3) is 0 Å². The van der Waals surface area contributed by atoms with Crippen LogP contribution in [-0.4, -0.2) is 53.0 Å². The zero-order chi connectivity index (χ0) is 34.6. The number of nitrogens with one attached hydrogen (secondary N) is 1. The first-order valence-corrected chi connectivity index (χ1v) is 19.4. The molecule has 1 N–H and O–H groups in total. The van der Waals surface area contributed by atoms with Gasteiger partial charge in [0.2, 0.25) is 0 Å². The van der Waals surface area contributed by atoms with Crippen molar-refractivity contribution in [2.24, 2.45) is 17.8 Å². The van der Waals surface area contributed by atoms with Crippen molar-refractivity contribution in [1.82, 2.24) is 9.71 Å². The second kappa shape index (κ2) is 13.1. The number of carbonyl (C=O) groups is 1. The van der Waals surface area contributed by atoms with Crippen LogP contribution in [0.2, 0.25) is 5.02 Å². The van der Waals surface area contributed by atoms with E-state index in [0.717, 1.165) is 42.8 Å². The van der Waals surface area contributed by atoms with Crippen molar-refractivity contribution in [3.8, 4) is 5.75 Å². The molecule has 4 aliphatic rings. The SMILES string of the molecule is C=S1(=O)NC(=O)c2ccc3c(c2)N(C[C@@H]2CC[C@H]2[C@@](OC)(c2cnccc2F)/C=C/C[C@H](C)[C@H]1C)C[C@@]1(CCCc2cc(Cl)ccc21)CO3. The van der Waals surface area contributed by atoms with Gasteiger partial charge in [-0.15, -0.1) is 0 Å². The number of pyridine rings is 1. The summed E-state index contributed by atoms with van der Waals surface area (Å²) in [4.78, 5) is 20.4. The molecule has 10 heteroatoms. The highest BCUT2D eigenvalue weighted by Crippen LogP contribution is 2.52. The maximum atomic E-state index is 15.7. The number of anilines is 1. The molecular weight excluding hydrogens is 661 g/mol. The fourth-order valence-corrected chi connectivity index (χ4v) is 10.3. The topological polar surface area (TPSA) is 80.8 Å². The highest BCUT2D eigenvalue weighted by molar-refractivity contribution is 7.99. The van der Waals surface area contributed by atoms with Crippen molar-refractivity contribution < 1.29 is 22.9 Å². The van der Waals surface area contributed by atoms with Crippen molar-refractivity contribution in [2.75, 3.05) is 31.7 Å². The lowest BCUT2D eigenvalue weighted by Gasteiger charge is -2.50. The smallest absolute Gasteiger partial charge is 0.262 e. The second-order valence-electron chi connectivity index (χ2n) is 14.6. The lowest BCUT2D eigenvalue weighted by atomic mass is 9.62. The molecule has 1 amide bonds. The Balaban J connectivity index is 1.37. The summed E-state index contributed by atoms with van der Waals surface area (Å²) in [5, 5.41) is 0.293. The number of hydrogen-bond acceptors (Lipinski definition) is 6. The van der Waals surface area contributed by atoms with Crippen LogP contribution in [0, 0.1) is 23.6 Å². The molecule has 0 radical (unpaired) electrons. The number of nitrogens with zero attached hydrogens (tertiary/aromatic N) is 2. The molecule has 0 saturated heterocycles. The van der Waals surface area contributed by atoms with Gasteiger partial charge in [-0.05, 0) is 111 Å². The number of amides is 1. The van der Waals surface area contributed by atoms with E-state index in [-0.39, 0.29) is 29.0 Å². The van der Waals surface area contributed by atoms with Crippen LogP contribution in [0.15, 0.2) is 67.0 Å². The summed E-state index contributed by atoms with van der Waals surface area (Å²) < 4.78 is 45.5. The predicted octanol–water partition coefficient (Wildman–Crippen LogP) is 7.26. The predicted molar refractivity (Wildman–Crippen MR) is 194 cm³/mol. The number of aromatic nitrogens is 1. The first-order chi connectivity index (χ1) is 23.5. The summed E-state index contributed by atoms with van der Waals surface area (Å²) in [5.74, 6) is 3.90. The van der Waals surface area contributed by atoms with Crippen LogP contribution >= 0.6 is 11.6 Å². The number of hydrogen-bond donors (Lipinski definition) is 1. The number of halogens is 2. The van der Waals surface area contributed by atoms with Crippen LogP contribution < -0.4 is 14.4 Å². The molecule has 2 aliphatic heterocycles. The van der Waals surface area contributed by atoms with Gasteiger partial charge < -0.3 is 14.4 Å². The maximum Gasteiger partial charge on any atom is 0.262 e. The molecule has 49 heavy (non-hydrogen) atoms. The molecule has 7 atom stereocenters. The molecule has 1 aromatic heterocycles. The van der Waals surface area contributed by atoms with Crippen LogP contribution in [-0.2, 0) is 31.9 Å². The highest BCUT2D eigenvalue weighted by atomic mass is 35.5. The lowest BCUT2D eigenvalue weighted by molar-refractivity contribution is -0.0825. The minimum Gasteiger partial charge on any atom is -0.490 e. The fourth-order valence-electron chi connectivity index (χ4n) is 8.63. The summed E-state index contributed by atoms with van der Waals surface area (Å²) >= 11 is 6.46. The molecule has 2 bridgehead atoms. The molecule has 1 spiro atoms. The molecule has 260 valence electrons. The van der Waals surface area contributed by atoms with Gasteiger partial charge in [0.25, 0.3) is 5.91 Å². The molecule has 2 aliphatic carbocycles. The summed E-state index contributed by atoms with van der Waals surface area (Å²) in [6, 6.07) is 13.0. The van der Waals surface area contributed by atoms with E-state index in [1.807, 2.05) is 44.2 Å². The normalized spacial score (nSPS) is 33.7. The maximum absolute atomic E-state index is 15.7. The van der Waals surface area contributed by atoms with Crippen molar-refractivity contribution in [3.63, 3.8) is 0 Å². The van der Waals surface area contributed by atoms with Gasteiger partial charge in [-0.2, -0.15) is 0 Å². The molecule has 2 aromatic carbocycles. The van der Waals surface area contributed by atoms with Crippen molar-refractivity contribution in [2.45, 2.75) is 68.6 Å². The van der Waals surface area contributed by atoms with Crippen LogP contribution in [0.3, 0.4) is 0 Å². The average molecular weight is 706 g/mol. The van der Waals surface area contributed by atoms with E-state index >= 15 is 4.39 Å². The third kappa shape index (κ3) is 6.06. The zero-order valence-corrected chi connectivity index (χ0v) is 30.0. The number of allylic oxidation sites excluding steroid dienone is 1. The lowest BCUT2D eigenvalue weighted by Crippen LogP contribution is -2.52. The number of fused-ring (bicyclic) bond motifs is 4. The summed E-state index contributed by atoms with van der Waals surface area (Å²) in [7, 11) is -1.38. The number of methoxy groups -OCH3 is 1. The van der Waals surface area contributed by atoms with E-state index < -0.39 is 26.5 Å². The van der Waals surface area contributed by atoms with E-state index in [0.29, 0.717) is 43.0 Å². The number of ether oxygens (including phenoxy) is 2. The van der Waals surface area contributed by atoms with E-state index in [1.54, 1.807) is 19.4 Å². The van der Waals surface area contributed by atoms with Gasteiger partial charge in [-0.25, -0.2) is 8.60 Å². The van der Waals surface area contributed by atoms with Gasteiger partial charge in [0.15, 0.2) is 0 Å². The molecule has 1 saturated carbocycles. The number of rotatable bonds is 2. The van der Waals surface area contributed by atoms with Crippen LogP contribution in [0.5, 0.6) is 5.75 Å². The Kier molecular flexibility index (Phi) is 9.07. The Labute approximate surface area is 294 Å². The quantitative estimate of drug-likeness (QED) is 0.223. The largest absolute Gasteiger partial charge is 0.490 e. The summed E-state index contributed by atoms with van der Waals surface area (Å²) in [6.45, 7) is 5.65. The fraction of sp³-hybridized carbons (Fsp3) is 0.462. The first-order valence-electron chi connectivity index (χ1n) is 17.3. The Morgan fingerprint density at radius 3 is 2.76 bits per heavy atom. The number of aryl methyl sites for hydroxylation is 1. The Bertz CT molecular complexity index is 1900. The molecule has 3 heterocycles. The third-order valence-electron chi connectivity index (χ3n) is 11.8.